The molecule has 0 aromatic rings. The van der Waals surface area contributed by atoms with Crippen molar-refractivity contribution in [3.05, 3.63) is 0 Å². The summed E-state index contributed by atoms with van der Waals surface area (Å²) >= 11 is 0. The SMILES string of the molecule is CCN(CC)C(CCCCC(C(=O)O)N(CC)CC)C(=O)O. The van der Waals surface area contributed by atoms with Crippen LogP contribution >= 0.6 is 0 Å². The highest BCUT2D eigenvalue weighted by Gasteiger charge is 2.25. The minimum absolute atomic E-state index is 0.466. The van der Waals surface area contributed by atoms with Crippen LogP contribution in [0.1, 0.15) is 53.4 Å². The molecule has 6 nitrogen and oxygen atoms in total. The normalized spacial score (nSPS) is 14.3. The molecule has 0 aliphatic rings. The van der Waals surface area contributed by atoms with E-state index in [9.17, 15) is 19.8 Å². The van der Waals surface area contributed by atoms with Crippen molar-refractivity contribution in [1.29, 1.82) is 0 Å². The quantitative estimate of drug-likeness (QED) is 0.507. The minimum Gasteiger partial charge on any atom is -0.480 e. The molecule has 0 saturated carbocycles. The van der Waals surface area contributed by atoms with E-state index < -0.39 is 24.0 Å². The summed E-state index contributed by atoms with van der Waals surface area (Å²) in [6, 6.07) is -0.932. The summed E-state index contributed by atoms with van der Waals surface area (Å²) in [5, 5.41) is 18.6. The van der Waals surface area contributed by atoms with Crippen LogP contribution in [0.25, 0.3) is 0 Å². The largest absolute Gasteiger partial charge is 0.480 e. The molecule has 22 heavy (non-hydrogen) atoms. The zero-order chi connectivity index (χ0) is 17.1. The van der Waals surface area contributed by atoms with Crippen LogP contribution in [0.4, 0.5) is 0 Å². The van der Waals surface area contributed by atoms with Crippen LogP contribution in [0.5, 0.6) is 0 Å². The van der Waals surface area contributed by atoms with E-state index in [0.29, 0.717) is 39.0 Å². The van der Waals surface area contributed by atoms with Gasteiger partial charge in [-0.05, 0) is 39.0 Å². The molecule has 0 radical (unpaired) electrons. The van der Waals surface area contributed by atoms with Gasteiger partial charge in [0, 0.05) is 0 Å². The topological polar surface area (TPSA) is 81.1 Å². The highest BCUT2D eigenvalue weighted by atomic mass is 16.4. The molecule has 0 aromatic carbocycles. The maximum Gasteiger partial charge on any atom is 0.320 e. The molecule has 0 heterocycles. The van der Waals surface area contributed by atoms with Gasteiger partial charge in [0.15, 0.2) is 0 Å². The first-order chi connectivity index (χ1) is 10.4. The lowest BCUT2D eigenvalue weighted by molar-refractivity contribution is -0.145. The third kappa shape index (κ3) is 6.75. The summed E-state index contributed by atoms with van der Waals surface area (Å²) in [6.07, 6.45) is 2.61. The highest BCUT2D eigenvalue weighted by Crippen LogP contribution is 2.14. The molecule has 0 aliphatic heterocycles. The molecule has 0 spiro atoms. The summed E-state index contributed by atoms with van der Waals surface area (Å²) in [5.41, 5.74) is 0. The molecule has 0 fully saturated rings. The van der Waals surface area contributed by atoms with E-state index in [1.807, 2.05) is 37.5 Å². The number of carboxylic acid groups (broad SMARTS) is 2. The average molecular weight is 316 g/mol. The van der Waals surface area contributed by atoms with Crippen molar-refractivity contribution in [2.45, 2.75) is 65.5 Å². The second kappa shape index (κ2) is 11.4. The van der Waals surface area contributed by atoms with E-state index in [0.717, 1.165) is 12.8 Å². The Balaban J connectivity index is 4.41. The number of aliphatic carboxylic acids is 2. The summed E-state index contributed by atoms with van der Waals surface area (Å²) in [7, 11) is 0. The lowest BCUT2D eigenvalue weighted by atomic mass is 10.0. The van der Waals surface area contributed by atoms with Gasteiger partial charge in [0.25, 0.3) is 0 Å². The van der Waals surface area contributed by atoms with Gasteiger partial charge < -0.3 is 10.2 Å². The number of likely N-dealkylation sites (N-methyl/N-ethyl adjacent to an activating group) is 2. The van der Waals surface area contributed by atoms with Gasteiger partial charge in [-0.2, -0.15) is 0 Å². The van der Waals surface area contributed by atoms with Crippen molar-refractivity contribution >= 4 is 11.9 Å². The fourth-order valence-corrected chi connectivity index (χ4v) is 2.93. The summed E-state index contributed by atoms with van der Waals surface area (Å²) in [5.74, 6) is -1.58. The Kier molecular flexibility index (Phi) is 10.8. The molecular weight excluding hydrogens is 284 g/mol. The molecule has 2 atom stereocenters. The molecule has 2 N–H and O–H groups in total. The van der Waals surface area contributed by atoms with Crippen LogP contribution in [0.3, 0.4) is 0 Å². The van der Waals surface area contributed by atoms with Crippen LogP contribution in [-0.4, -0.2) is 70.2 Å². The second-order valence-corrected chi connectivity index (χ2v) is 5.43. The number of carbonyl (C=O) groups is 2. The van der Waals surface area contributed by atoms with Crippen molar-refractivity contribution < 1.29 is 19.8 Å². The van der Waals surface area contributed by atoms with E-state index in [2.05, 4.69) is 0 Å². The average Bonchev–Trinajstić information content (AvgIpc) is 2.48. The molecule has 0 bridgehead atoms. The molecule has 0 aromatic heterocycles. The zero-order valence-electron chi connectivity index (χ0n) is 14.4. The van der Waals surface area contributed by atoms with Gasteiger partial charge in [-0.3, -0.25) is 19.4 Å². The number of rotatable bonds is 13. The molecule has 0 saturated heterocycles. The van der Waals surface area contributed by atoms with E-state index in [-0.39, 0.29) is 0 Å². The molecule has 6 heteroatoms. The van der Waals surface area contributed by atoms with Gasteiger partial charge >= 0.3 is 11.9 Å². The Morgan fingerprint density at radius 2 is 1.00 bits per heavy atom. The van der Waals surface area contributed by atoms with E-state index in [1.54, 1.807) is 0 Å². The third-order valence-electron chi connectivity index (χ3n) is 4.28. The van der Waals surface area contributed by atoms with Crippen LogP contribution in [-0.2, 0) is 9.59 Å². The first-order valence-corrected chi connectivity index (χ1v) is 8.36. The van der Waals surface area contributed by atoms with Crippen molar-refractivity contribution in [1.82, 2.24) is 9.80 Å². The highest BCUT2D eigenvalue weighted by molar-refractivity contribution is 5.73. The lowest BCUT2D eigenvalue weighted by Gasteiger charge is -2.27. The molecule has 2 unspecified atom stereocenters. The fourth-order valence-electron chi connectivity index (χ4n) is 2.93. The van der Waals surface area contributed by atoms with Crippen molar-refractivity contribution in [3.63, 3.8) is 0 Å². The van der Waals surface area contributed by atoms with Crippen molar-refractivity contribution in [3.8, 4) is 0 Å². The Hall–Kier alpha value is -1.14. The van der Waals surface area contributed by atoms with Gasteiger partial charge in [-0.15, -0.1) is 0 Å². The predicted molar refractivity (Wildman–Crippen MR) is 87.2 cm³/mol. The first kappa shape index (κ1) is 20.9. The maximum absolute atomic E-state index is 11.4. The molecular formula is C16H32N2O4. The summed E-state index contributed by atoms with van der Waals surface area (Å²) < 4.78 is 0. The lowest BCUT2D eigenvalue weighted by Crippen LogP contribution is -2.42. The Bertz CT molecular complexity index is 296. The zero-order valence-corrected chi connectivity index (χ0v) is 14.4. The fraction of sp³-hybridized carbons (Fsp3) is 0.875. The monoisotopic (exact) mass is 316 g/mol. The maximum atomic E-state index is 11.4. The van der Waals surface area contributed by atoms with E-state index in [4.69, 9.17) is 0 Å². The van der Waals surface area contributed by atoms with Crippen LogP contribution in [0, 0.1) is 0 Å². The standard InChI is InChI=1S/C16H32N2O4/c1-5-17(6-2)13(15(19)20)11-9-10-12-14(16(21)22)18(7-3)8-4/h13-14H,5-12H2,1-4H3,(H,19,20)(H,21,22). The number of nitrogens with zero attached hydrogens (tertiary/aromatic N) is 2. The van der Waals surface area contributed by atoms with Crippen molar-refractivity contribution in [2.75, 3.05) is 26.2 Å². The Morgan fingerprint density at radius 1 is 0.727 bits per heavy atom. The molecule has 130 valence electrons. The number of hydrogen-bond acceptors (Lipinski definition) is 4. The van der Waals surface area contributed by atoms with Crippen LogP contribution < -0.4 is 0 Å². The van der Waals surface area contributed by atoms with Crippen LogP contribution in [0.2, 0.25) is 0 Å². The third-order valence-corrected chi connectivity index (χ3v) is 4.28. The first-order valence-electron chi connectivity index (χ1n) is 8.36. The van der Waals surface area contributed by atoms with E-state index in [1.165, 1.54) is 0 Å². The molecule has 0 rings (SSSR count). The number of carboxylic acids is 2. The van der Waals surface area contributed by atoms with Gasteiger partial charge in [-0.25, -0.2) is 0 Å². The Morgan fingerprint density at radius 3 is 1.18 bits per heavy atom. The molecule has 0 aliphatic carbocycles. The van der Waals surface area contributed by atoms with Gasteiger partial charge in [0.2, 0.25) is 0 Å². The van der Waals surface area contributed by atoms with Gasteiger partial charge in [0.05, 0.1) is 0 Å². The number of unbranched alkanes of at least 4 members (excludes halogenated alkanes) is 1. The predicted octanol–water partition coefficient (Wildman–Crippen LogP) is 2.14. The molecule has 0 amide bonds. The smallest absolute Gasteiger partial charge is 0.320 e. The van der Waals surface area contributed by atoms with E-state index >= 15 is 0 Å². The summed E-state index contributed by atoms with van der Waals surface area (Å²) in [6.45, 7) is 10.7. The van der Waals surface area contributed by atoms with Crippen LogP contribution in [0.15, 0.2) is 0 Å². The Labute approximate surface area is 134 Å². The van der Waals surface area contributed by atoms with Crippen molar-refractivity contribution in [2.24, 2.45) is 0 Å². The number of hydrogen-bond donors (Lipinski definition) is 2. The summed E-state index contributed by atoms with van der Waals surface area (Å²) in [4.78, 5) is 26.6. The van der Waals surface area contributed by atoms with Gasteiger partial charge in [0.1, 0.15) is 12.1 Å². The minimum atomic E-state index is -0.790. The second-order valence-electron chi connectivity index (χ2n) is 5.43. The van der Waals surface area contributed by atoms with Gasteiger partial charge in [-0.1, -0.05) is 40.5 Å².